The predicted octanol–water partition coefficient (Wildman–Crippen LogP) is 2.17. The second-order valence-corrected chi connectivity index (χ2v) is 5.97. The summed E-state index contributed by atoms with van der Waals surface area (Å²) in [5.74, 6) is 1.11. The van der Waals surface area contributed by atoms with E-state index < -0.39 is 0 Å². The number of benzene rings is 1. The fourth-order valence-electron chi connectivity index (χ4n) is 3.89. The van der Waals surface area contributed by atoms with Gasteiger partial charge in [-0.05, 0) is 49.3 Å². The summed E-state index contributed by atoms with van der Waals surface area (Å²) in [7, 11) is 0. The van der Waals surface area contributed by atoms with Gasteiger partial charge in [0.2, 0.25) is 0 Å². The summed E-state index contributed by atoms with van der Waals surface area (Å²) >= 11 is 0. The van der Waals surface area contributed by atoms with Crippen LogP contribution in [0.5, 0.6) is 0 Å². The molecule has 2 saturated carbocycles. The standard InChI is InChI=1S/C15H16N2O2/c18-14-11-4-3-10(7-12(11)15(19)17-14)16-13-6-8-1-2-9(13)5-8/h3-4,7-9,13,16H,1-2,5-6H2,(H,17,18,19). The number of rotatable bonds is 2. The van der Waals surface area contributed by atoms with Gasteiger partial charge in [0.25, 0.3) is 11.8 Å². The molecule has 3 unspecified atom stereocenters. The molecule has 4 heteroatoms. The summed E-state index contributed by atoms with van der Waals surface area (Å²) in [6.45, 7) is 0. The summed E-state index contributed by atoms with van der Waals surface area (Å²) in [6, 6.07) is 5.99. The Bertz CT molecular complexity index is 582. The molecule has 2 amide bonds. The third kappa shape index (κ3) is 1.66. The van der Waals surface area contributed by atoms with Gasteiger partial charge < -0.3 is 5.32 Å². The number of hydrogen-bond donors (Lipinski definition) is 2. The molecule has 0 saturated heterocycles. The van der Waals surface area contributed by atoms with Gasteiger partial charge in [0.1, 0.15) is 0 Å². The summed E-state index contributed by atoms with van der Waals surface area (Å²) < 4.78 is 0. The Morgan fingerprint density at radius 1 is 1.05 bits per heavy atom. The van der Waals surface area contributed by atoms with Gasteiger partial charge in [-0.2, -0.15) is 0 Å². The average Bonchev–Trinajstić information content (AvgIpc) is 3.06. The predicted molar refractivity (Wildman–Crippen MR) is 71.1 cm³/mol. The van der Waals surface area contributed by atoms with Crippen LogP contribution in [0.1, 0.15) is 46.4 Å². The lowest BCUT2D eigenvalue weighted by atomic mass is 9.95. The lowest BCUT2D eigenvalue weighted by Gasteiger charge is -2.24. The first-order chi connectivity index (χ1) is 9.20. The Hall–Kier alpha value is -1.84. The van der Waals surface area contributed by atoms with E-state index in [1.165, 1.54) is 25.7 Å². The van der Waals surface area contributed by atoms with Gasteiger partial charge in [0, 0.05) is 11.7 Å². The summed E-state index contributed by atoms with van der Waals surface area (Å²) in [5.41, 5.74) is 1.95. The zero-order valence-corrected chi connectivity index (χ0v) is 10.6. The van der Waals surface area contributed by atoms with Gasteiger partial charge in [0.05, 0.1) is 11.1 Å². The minimum Gasteiger partial charge on any atom is -0.382 e. The SMILES string of the molecule is O=C1NC(=O)c2cc(NC3CC4CCC3C4)ccc21. The summed E-state index contributed by atoms with van der Waals surface area (Å²) in [5, 5.41) is 5.87. The number of carbonyl (C=O) groups is 2. The monoisotopic (exact) mass is 256 g/mol. The highest BCUT2D eigenvalue weighted by Gasteiger charge is 2.39. The first-order valence-electron chi connectivity index (χ1n) is 6.97. The quantitative estimate of drug-likeness (QED) is 0.797. The van der Waals surface area contributed by atoms with Gasteiger partial charge in [-0.15, -0.1) is 0 Å². The number of carbonyl (C=O) groups excluding carboxylic acids is 2. The third-order valence-electron chi connectivity index (χ3n) is 4.83. The van der Waals surface area contributed by atoms with Crippen molar-refractivity contribution in [1.29, 1.82) is 0 Å². The number of nitrogens with one attached hydrogen (secondary N) is 2. The third-order valence-corrected chi connectivity index (χ3v) is 4.83. The minimum absolute atomic E-state index is 0.281. The highest BCUT2D eigenvalue weighted by Crippen LogP contribution is 2.45. The first-order valence-corrected chi connectivity index (χ1v) is 6.97. The smallest absolute Gasteiger partial charge is 0.259 e. The van der Waals surface area contributed by atoms with Crippen LogP contribution < -0.4 is 10.6 Å². The van der Waals surface area contributed by atoms with E-state index in [1.54, 1.807) is 6.07 Å². The fraction of sp³-hybridized carbons (Fsp3) is 0.467. The zero-order chi connectivity index (χ0) is 13.0. The number of fused-ring (bicyclic) bond motifs is 3. The maximum atomic E-state index is 11.6. The van der Waals surface area contributed by atoms with E-state index in [2.05, 4.69) is 10.6 Å². The number of amides is 2. The van der Waals surface area contributed by atoms with Crippen molar-refractivity contribution >= 4 is 17.5 Å². The lowest BCUT2D eigenvalue weighted by Crippen LogP contribution is -2.25. The maximum absolute atomic E-state index is 11.6. The van der Waals surface area contributed by atoms with Crippen molar-refractivity contribution < 1.29 is 9.59 Å². The van der Waals surface area contributed by atoms with Crippen molar-refractivity contribution in [2.45, 2.75) is 31.7 Å². The van der Waals surface area contributed by atoms with Crippen molar-refractivity contribution in [3.63, 3.8) is 0 Å². The van der Waals surface area contributed by atoms with E-state index in [0.29, 0.717) is 17.2 Å². The molecule has 4 nitrogen and oxygen atoms in total. The molecular formula is C15H16N2O2. The molecule has 3 atom stereocenters. The molecule has 2 fully saturated rings. The number of imide groups is 1. The lowest BCUT2D eigenvalue weighted by molar-refractivity contribution is 0.0879. The van der Waals surface area contributed by atoms with E-state index in [-0.39, 0.29) is 11.8 Å². The van der Waals surface area contributed by atoms with Gasteiger partial charge in [-0.3, -0.25) is 14.9 Å². The normalized spacial score (nSPS) is 31.5. The van der Waals surface area contributed by atoms with Crippen LogP contribution in [0, 0.1) is 11.8 Å². The van der Waals surface area contributed by atoms with Crippen LogP contribution in [0.4, 0.5) is 5.69 Å². The second kappa shape index (κ2) is 3.83. The highest BCUT2D eigenvalue weighted by atomic mass is 16.2. The molecule has 1 aromatic rings. The fourth-order valence-corrected chi connectivity index (χ4v) is 3.89. The van der Waals surface area contributed by atoms with Crippen molar-refractivity contribution in [3.8, 4) is 0 Å². The molecule has 19 heavy (non-hydrogen) atoms. The minimum atomic E-state index is -0.286. The van der Waals surface area contributed by atoms with Crippen LogP contribution in [0.3, 0.4) is 0 Å². The van der Waals surface area contributed by atoms with E-state index in [1.807, 2.05) is 12.1 Å². The molecular weight excluding hydrogens is 240 g/mol. The van der Waals surface area contributed by atoms with E-state index in [9.17, 15) is 9.59 Å². The van der Waals surface area contributed by atoms with Crippen LogP contribution in [-0.2, 0) is 0 Å². The second-order valence-electron chi connectivity index (χ2n) is 5.97. The molecule has 4 rings (SSSR count). The Morgan fingerprint density at radius 3 is 2.63 bits per heavy atom. The Morgan fingerprint density at radius 2 is 1.89 bits per heavy atom. The molecule has 0 radical (unpaired) electrons. The molecule has 1 aliphatic heterocycles. The molecule has 1 heterocycles. The summed E-state index contributed by atoms with van der Waals surface area (Å²) in [4.78, 5) is 23.1. The average molecular weight is 256 g/mol. The van der Waals surface area contributed by atoms with Crippen LogP contribution in [-0.4, -0.2) is 17.9 Å². The van der Waals surface area contributed by atoms with Crippen molar-refractivity contribution in [2.75, 3.05) is 5.32 Å². The molecule has 3 aliphatic rings. The molecule has 1 aromatic carbocycles. The first kappa shape index (κ1) is 11.0. The van der Waals surface area contributed by atoms with Crippen molar-refractivity contribution in [3.05, 3.63) is 29.3 Å². The molecule has 2 bridgehead atoms. The zero-order valence-electron chi connectivity index (χ0n) is 10.6. The topological polar surface area (TPSA) is 58.2 Å². The van der Waals surface area contributed by atoms with Gasteiger partial charge >= 0.3 is 0 Å². The summed E-state index contributed by atoms with van der Waals surface area (Å²) in [6.07, 6.45) is 5.30. The number of hydrogen-bond acceptors (Lipinski definition) is 3. The molecule has 0 spiro atoms. The van der Waals surface area contributed by atoms with E-state index in [0.717, 1.165) is 17.5 Å². The molecule has 2 N–H and O–H groups in total. The molecule has 0 aromatic heterocycles. The van der Waals surface area contributed by atoms with Crippen molar-refractivity contribution in [2.24, 2.45) is 11.8 Å². The van der Waals surface area contributed by atoms with E-state index >= 15 is 0 Å². The molecule has 2 aliphatic carbocycles. The van der Waals surface area contributed by atoms with Crippen LogP contribution in [0.2, 0.25) is 0 Å². The highest BCUT2D eigenvalue weighted by molar-refractivity contribution is 6.21. The van der Waals surface area contributed by atoms with Gasteiger partial charge in [-0.25, -0.2) is 0 Å². The van der Waals surface area contributed by atoms with Crippen molar-refractivity contribution in [1.82, 2.24) is 5.32 Å². The Balaban J connectivity index is 1.58. The maximum Gasteiger partial charge on any atom is 0.259 e. The van der Waals surface area contributed by atoms with Gasteiger partial charge in [0.15, 0.2) is 0 Å². The molecule has 98 valence electrons. The largest absolute Gasteiger partial charge is 0.382 e. The Labute approximate surface area is 111 Å². The van der Waals surface area contributed by atoms with Crippen LogP contribution in [0.25, 0.3) is 0 Å². The Kier molecular flexibility index (Phi) is 2.22. The van der Waals surface area contributed by atoms with Crippen LogP contribution in [0.15, 0.2) is 18.2 Å². The number of anilines is 1. The van der Waals surface area contributed by atoms with Gasteiger partial charge in [-0.1, -0.05) is 6.42 Å². The van der Waals surface area contributed by atoms with Crippen LogP contribution >= 0.6 is 0 Å². The van der Waals surface area contributed by atoms with E-state index in [4.69, 9.17) is 0 Å².